The normalized spacial score (nSPS) is 18.4. The van der Waals surface area contributed by atoms with E-state index in [4.69, 9.17) is 4.74 Å². The fraction of sp³-hybridized carbons (Fsp3) is 0.333. The number of nitrogens with zero attached hydrogens (tertiary/aromatic N) is 1. The number of aryl methyl sites for hydroxylation is 3. The van der Waals surface area contributed by atoms with E-state index in [-0.39, 0.29) is 0 Å². The van der Waals surface area contributed by atoms with Gasteiger partial charge in [0.25, 0.3) is 0 Å². The SMILES string of the molecule is COc1ccc2[nH]c(C3CCC(N(c4ccccc4C)c4ccccc4C)CC3)c(C)c2c1. The number of aromatic nitrogens is 1. The lowest BCUT2D eigenvalue weighted by molar-refractivity contribution is 0.387. The van der Waals surface area contributed by atoms with E-state index in [1.807, 2.05) is 6.07 Å². The Morgan fingerprint density at radius 3 is 1.97 bits per heavy atom. The lowest BCUT2D eigenvalue weighted by Gasteiger charge is -2.40. The topological polar surface area (TPSA) is 28.3 Å². The molecule has 0 spiro atoms. The van der Waals surface area contributed by atoms with Crippen molar-refractivity contribution in [2.24, 2.45) is 0 Å². The molecule has 1 heterocycles. The highest BCUT2D eigenvalue weighted by molar-refractivity contribution is 5.86. The van der Waals surface area contributed by atoms with Crippen LogP contribution in [-0.2, 0) is 0 Å². The van der Waals surface area contributed by atoms with E-state index in [2.05, 4.69) is 91.3 Å². The van der Waals surface area contributed by atoms with Crippen molar-refractivity contribution in [3.8, 4) is 5.75 Å². The molecule has 0 radical (unpaired) electrons. The van der Waals surface area contributed by atoms with Gasteiger partial charge in [0.15, 0.2) is 0 Å². The first-order valence-electron chi connectivity index (χ1n) is 12.1. The standard InChI is InChI=1S/C30H34N2O/c1-20-9-5-7-11-28(20)32(29-12-8-6-10-21(29)2)24-15-13-23(14-16-24)30-22(3)26-19-25(33-4)17-18-27(26)31-30/h5-12,17-19,23-24,31H,13-16H2,1-4H3. The lowest BCUT2D eigenvalue weighted by atomic mass is 9.82. The molecule has 3 heteroatoms. The molecule has 1 fully saturated rings. The number of ether oxygens (including phenoxy) is 1. The molecule has 4 aromatic rings. The van der Waals surface area contributed by atoms with Crippen LogP contribution in [0.25, 0.3) is 10.9 Å². The van der Waals surface area contributed by atoms with Gasteiger partial charge in [-0.2, -0.15) is 0 Å². The first kappa shape index (κ1) is 21.6. The molecule has 0 unspecified atom stereocenters. The molecule has 0 bridgehead atoms. The Bertz CT molecular complexity index is 1220. The summed E-state index contributed by atoms with van der Waals surface area (Å²) >= 11 is 0. The van der Waals surface area contributed by atoms with E-state index in [0.29, 0.717) is 12.0 Å². The molecule has 1 N–H and O–H groups in total. The van der Waals surface area contributed by atoms with E-state index in [1.54, 1.807) is 7.11 Å². The highest BCUT2D eigenvalue weighted by Gasteiger charge is 2.30. The molecule has 0 saturated heterocycles. The third kappa shape index (κ3) is 4.01. The third-order valence-corrected chi connectivity index (χ3v) is 7.52. The maximum absolute atomic E-state index is 5.46. The Hall–Kier alpha value is -3.20. The summed E-state index contributed by atoms with van der Waals surface area (Å²) in [6.45, 7) is 6.72. The van der Waals surface area contributed by atoms with Crippen molar-refractivity contribution in [3.05, 3.63) is 89.1 Å². The Morgan fingerprint density at radius 2 is 1.39 bits per heavy atom. The predicted octanol–water partition coefficient (Wildman–Crippen LogP) is 7.97. The van der Waals surface area contributed by atoms with Gasteiger partial charge in [-0.3, -0.25) is 0 Å². The van der Waals surface area contributed by atoms with Crippen LogP contribution in [0.15, 0.2) is 66.7 Å². The monoisotopic (exact) mass is 438 g/mol. The van der Waals surface area contributed by atoms with Crippen molar-refractivity contribution in [2.45, 2.75) is 58.4 Å². The second-order valence-corrected chi connectivity index (χ2v) is 9.52. The number of fused-ring (bicyclic) bond motifs is 1. The van der Waals surface area contributed by atoms with Gasteiger partial charge < -0.3 is 14.6 Å². The molecule has 0 atom stereocenters. The summed E-state index contributed by atoms with van der Waals surface area (Å²) in [5, 5.41) is 1.29. The highest BCUT2D eigenvalue weighted by atomic mass is 16.5. The molecule has 3 aromatic carbocycles. The molecule has 3 nitrogen and oxygen atoms in total. The summed E-state index contributed by atoms with van der Waals surface area (Å²) in [5.41, 5.74) is 9.35. The van der Waals surface area contributed by atoms with Crippen LogP contribution in [0.4, 0.5) is 11.4 Å². The van der Waals surface area contributed by atoms with E-state index in [9.17, 15) is 0 Å². The zero-order chi connectivity index (χ0) is 22.9. The quantitative estimate of drug-likeness (QED) is 0.342. The number of H-pyrrole nitrogens is 1. The summed E-state index contributed by atoms with van der Waals surface area (Å²) in [7, 11) is 1.74. The molecule has 1 saturated carbocycles. The number of anilines is 2. The van der Waals surface area contributed by atoms with Crippen molar-refractivity contribution >= 4 is 22.3 Å². The first-order valence-corrected chi connectivity index (χ1v) is 12.1. The van der Waals surface area contributed by atoms with E-state index in [1.165, 1.54) is 70.3 Å². The molecule has 33 heavy (non-hydrogen) atoms. The Balaban J connectivity index is 1.43. The molecule has 0 amide bonds. The van der Waals surface area contributed by atoms with Gasteiger partial charge in [-0.15, -0.1) is 0 Å². The molecule has 170 valence electrons. The zero-order valence-electron chi connectivity index (χ0n) is 20.2. The van der Waals surface area contributed by atoms with Crippen molar-refractivity contribution in [2.75, 3.05) is 12.0 Å². The van der Waals surface area contributed by atoms with E-state index in [0.717, 1.165) is 5.75 Å². The van der Waals surface area contributed by atoms with Crippen LogP contribution in [0, 0.1) is 20.8 Å². The van der Waals surface area contributed by atoms with Gasteiger partial charge in [-0.25, -0.2) is 0 Å². The van der Waals surface area contributed by atoms with Crippen LogP contribution in [0.5, 0.6) is 5.75 Å². The van der Waals surface area contributed by atoms with Crippen molar-refractivity contribution < 1.29 is 4.74 Å². The Kier molecular flexibility index (Phi) is 5.88. The fourth-order valence-electron chi connectivity index (χ4n) is 5.68. The molecule has 1 aromatic heterocycles. The number of hydrogen-bond donors (Lipinski definition) is 1. The van der Waals surface area contributed by atoms with Crippen LogP contribution in [0.2, 0.25) is 0 Å². The number of rotatable bonds is 5. The first-order chi connectivity index (χ1) is 16.1. The summed E-state index contributed by atoms with van der Waals surface area (Å²) in [4.78, 5) is 6.36. The molecular weight excluding hydrogens is 404 g/mol. The van der Waals surface area contributed by atoms with Gasteiger partial charge >= 0.3 is 0 Å². The van der Waals surface area contributed by atoms with Crippen LogP contribution in [0.1, 0.15) is 54.0 Å². The summed E-state index contributed by atoms with van der Waals surface area (Å²) in [6, 6.07) is 24.5. The van der Waals surface area contributed by atoms with Gasteiger partial charge in [0.05, 0.1) is 7.11 Å². The third-order valence-electron chi connectivity index (χ3n) is 7.52. The number of methoxy groups -OCH3 is 1. The maximum atomic E-state index is 5.46. The Morgan fingerprint density at radius 1 is 0.788 bits per heavy atom. The number of benzene rings is 3. The van der Waals surface area contributed by atoms with Gasteiger partial charge in [-0.1, -0.05) is 36.4 Å². The zero-order valence-corrected chi connectivity index (χ0v) is 20.2. The Labute approximate surface area is 197 Å². The average Bonchev–Trinajstić information content (AvgIpc) is 3.17. The van der Waals surface area contributed by atoms with E-state index < -0.39 is 0 Å². The minimum Gasteiger partial charge on any atom is -0.497 e. The number of nitrogens with one attached hydrogen (secondary N) is 1. The van der Waals surface area contributed by atoms with Gasteiger partial charge in [-0.05, 0) is 99.4 Å². The van der Waals surface area contributed by atoms with Crippen LogP contribution in [-0.4, -0.2) is 18.1 Å². The van der Waals surface area contributed by atoms with Gasteiger partial charge in [0.2, 0.25) is 0 Å². The second kappa shape index (κ2) is 8.97. The maximum Gasteiger partial charge on any atom is 0.119 e. The minimum absolute atomic E-state index is 0.508. The molecule has 1 aliphatic carbocycles. The number of hydrogen-bond acceptors (Lipinski definition) is 2. The number of aromatic amines is 1. The average molecular weight is 439 g/mol. The summed E-state index contributed by atoms with van der Waals surface area (Å²) < 4.78 is 5.46. The second-order valence-electron chi connectivity index (χ2n) is 9.52. The smallest absolute Gasteiger partial charge is 0.119 e. The molecular formula is C30H34N2O. The van der Waals surface area contributed by atoms with Crippen LogP contribution in [0.3, 0.4) is 0 Å². The van der Waals surface area contributed by atoms with Crippen LogP contribution < -0.4 is 9.64 Å². The van der Waals surface area contributed by atoms with Crippen molar-refractivity contribution in [1.29, 1.82) is 0 Å². The fourth-order valence-corrected chi connectivity index (χ4v) is 5.68. The molecule has 0 aliphatic heterocycles. The molecule has 1 aliphatic rings. The van der Waals surface area contributed by atoms with Crippen LogP contribution >= 0.6 is 0 Å². The summed E-state index contributed by atoms with van der Waals surface area (Å²) in [6.07, 6.45) is 4.77. The minimum atomic E-state index is 0.508. The van der Waals surface area contributed by atoms with Gasteiger partial charge in [0.1, 0.15) is 5.75 Å². The van der Waals surface area contributed by atoms with Gasteiger partial charge in [0, 0.05) is 34.0 Å². The van der Waals surface area contributed by atoms with Crippen molar-refractivity contribution in [1.82, 2.24) is 4.98 Å². The summed E-state index contributed by atoms with van der Waals surface area (Å²) in [5.74, 6) is 1.50. The van der Waals surface area contributed by atoms with E-state index >= 15 is 0 Å². The molecule has 5 rings (SSSR count). The lowest BCUT2D eigenvalue weighted by Crippen LogP contribution is -2.35. The highest BCUT2D eigenvalue weighted by Crippen LogP contribution is 2.42. The predicted molar refractivity (Wildman–Crippen MR) is 139 cm³/mol. The largest absolute Gasteiger partial charge is 0.497 e. The van der Waals surface area contributed by atoms with Crippen molar-refractivity contribution in [3.63, 3.8) is 0 Å². The number of para-hydroxylation sites is 2.